The Bertz CT molecular complexity index is 974. The van der Waals surface area contributed by atoms with Crippen LogP contribution in [0.15, 0.2) is 55.0 Å². The second kappa shape index (κ2) is 9.26. The number of anilines is 1. The van der Waals surface area contributed by atoms with Crippen molar-refractivity contribution >= 4 is 11.6 Å². The molecule has 3 aromatic rings. The number of amides is 1. The molecule has 5 nitrogen and oxygen atoms in total. The molecule has 1 amide bonds. The van der Waals surface area contributed by atoms with E-state index in [9.17, 15) is 4.79 Å². The summed E-state index contributed by atoms with van der Waals surface area (Å²) in [5.74, 6) is 0.215. The van der Waals surface area contributed by atoms with Gasteiger partial charge >= 0.3 is 0 Å². The van der Waals surface area contributed by atoms with E-state index < -0.39 is 0 Å². The molecule has 1 aromatic heterocycles. The van der Waals surface area contributed by atoms with E-state index in [0.29, 0.717) is 6.42 Å². The number of hydrogen-bond donors (Lipinski definition) is 2. The summed E-state index contributed by atoms with van der Waals surface area (Å²) in [6.45, 7) is 5.10. The molecule has 2 N–H and O–H groups in total. The van der Waals surface area contributed by atoms with Gasteiger partial charge < -0.3 is 15.0 Å². The first-order valence-corrected chi connectivity index (χ1v) is 10.6. The van der Waals surface area contributed by atoms with E-state index in [1.54, 1.807) is 6.33 Å². The van der Waals surface area contributed by atoms with Crippen LogP contribution in [-0.2, 0) is 16.0 Å². The van der Waals surface area contributed by atoms with E-state index in [0.717, 1.165) is 37.3 Å². The van der Waals surface area contributed by atoms with E-state index in [4.69, 9.17) is 4.74 Å². The van der Waals surface area contributed by atoms with Gasteiger partial charge in [-0.05, 0) is 67.5 Å². The number of nitrogens with one attached hydrogen (secondary N) is 2. The number of ether oxygens (including phenoxy) is 1. The Balaban J connectivity index is 1.47. The fourth-order valence-corrected chi connectivity index (χ4v) is 4.18. The van der Waals surface area contributed by atoms with E-state index in [1.165, 1.54) is 22.3 Å². The predicted octanol–water partition coefficient (Wildman–Crippen LogP) is 4.91. The lowest BCUT2D eigenvalue weighted by Crippen LogP contribution is -2.19. The topological polar surface area (TPSA) is 67.0 Å². The average Bonchev–Trinajstić information content (AvgIpc) is 3.44. The highest BCUT2D eigenvalue weighted by atomic mass is 16.5. The number of nitrogens with zero attached hydrogens (tertiary/aromatic N) is 1. The summed E-state index contributed by atoms with van der Waals surface area (Å²) in [5.41, 5.74) is 7.07. The summed E-state index contributed by atoms with van der Waals surface area (Å²) in [6, 6.07) is 14.6. The molecule has 0 bridgehead atoms. The van der Waals surface area contributed by atoms with Crippen LogP contribution in [0.25, 0.3) is 0 Å². The van der Waals surface area contributed by atoms with Gasteiger partial charge in [0, 0.05) is 30.1 Å². The summed E-state index contributed by atoms with van der Waals surface area (Å²) < 4.78 is 5.55. The first-order valence-electron chi connectivity index (χ1n) is 10.6. The van der Waals surface area contributed by atoms with Crippen molar-refractivity contribution in [2.75, 3.05) is 11.9 Å². The van der Waals surface area contributed by atoms with Gasteiger partial charge in [0.1, 0.15) is 0 Å². The fraction of sp³-hybridized carbons (Fsp3) is 0.360. The molecule has 0 radical (unpaired) electrons. The zero-order valence-corrected chi connectivity index (χ0v) is 17.7. The molecule has 30 heavy (non-hydrogen) atoms. The third-order valence-corrected chi connectivity index (χ3v) is 6.03. The molecule has 0 spiro atoms. The van der Waals surface area contributed by atoms with Crippen molar-refractivity contribution in [3.63, 3.8) is 0 Å². The van der Waals surface area contributed by atoms with Gasteiger partial charge in [0.15, 0.2) is 0 Å². The van der Waals surface area contributed by atoms with E-state index in [-0.39, 0.29) is 17.9 Å². The number of H-pyrrole nitrogens is 1. The molecule has 1 aliphatic heterocycles. The largest absolute Gasteiger partial charge is 0.378 e. The zero-order valence-electron chi connectivity index (χ0n) is 17.7. The van der Waals surface area contributed by atoms with Crippen LogP contribution in [0, 0.1) is 13.8 Å². The number of carbonyl (C=O) groups excluding carboxylic acids is 1. The van der Waals surface area contributed by atoms with Crippen LogP contribution in [-0.4, -0.2) is 28.6 Å². The zero-order chi connectivity index (χ0) is 20.9. The molecule has 0 aliphatic carbocycles. The monoisotopic (exact) mass is 403 g/mol. The number of aromatic nitrogens is 2. The Hall–Kier alpha value is -2.92. The van der Waals surface area contributed by atoms with Gasteiger partial charge in [0.25, 0.3) is 0 Å². The van der Waals surface area contributed by atoms with Crippen molar-refractivity contribution in [3.05, 3.63) is 82.9 Å². The lowest BCUT2D eigenvalue weighted by Gasteiger charge is -2.20. The highest BCUT2D eigenvalue weighted by Crippen LogP contribution is 2.31. The number of imidazole rings is 1. The van der Waals surface area contributed by atoms with Crippen LogP contribution >= 0.6 is 0 Å². The number of hydrogen-bond acceptors (Lipinski definition) is 3. The molecule has 1 fully saturated rings. The number of benzene rings is 2. The SMILES string of the molecule is Cc1cccc(C(Cc2ccc(NC(=O)CC3CCCO3)cc2)c2cnc[nH]2)c1C. The van der Waals surface area contributed by atoms with E-state index >= 15 is 0 Å². The van der Waals surface area contributed by atoms with Crippen molar-refractivity contribution in [3.8, 4) is 0 Å². The first-order chi connectivity index (χ1) is 14.6. The Morgan fingerprint density at radius 1 is 1.23 bits per heavy atom. The number of aromatic amines is 1. The summed E-state index contributed by atoms with van der Waals surface area (Å²) in [6.07, 6.45) is 7.01. The van der Waals surface area contributed by atoms with Crippen molar-refractivity contribution in [1.82, 2.24) is 9.97 Å². The molecular weight excluding hydrogens is 374 g/mol. The second-order valence-corrected chi connectivity index (χ2v) is 8.14. The summed E-state index contributed by atoms with van der Waals surface area (Å²) in [4.78, 5) is 19.8. The van der Waals surface area contributed by atoms with Crippen molar-refractivity contribution in [1.29, 1.82) is 0 Å². The van der Waals surface area contributed by atoms with E-state index in [2.05, 4.69) is 59.5 Å². The minimum absolute atomic E-state index is 0.0142. The molecule has 156 valence electrons. The Morgan fingerprint density at radius 3 is 2.77 bits per heavy atom. The molecule has 4 rings (SSSR count). The molecule has 2 unspecified atom stereocenters. The van der Waals surface area contributed by atoms with Crippen LogP contribution in [0.1, 0.15) is 53.1 Å². The highest BCUT2D eigenvalue weighted by molar-refractivity contribution is 5.91. The maximum absolute atomic E-state index is 12.2. The molecule has 0 saturated carbocycles. The Labute approximate surface area is 177 Å². The lowest BCUT2D eigenvalue weighted by atomic mass is 9.85. The Morgan fingerprint density at radius 2 is 2.07 bits per heavy atom. The fourth-order valence-electron chi connectivity index (χ4n) is 4.18. The third-order valence-electron chi connectivity index (χ3n) is 6.03. The summed E-state index contributed by atoms with van der Waals surface area (Å²) in [5, 5.41) is 2.99. The quantitative estimate of drug-likeness (QED) is 0.589. The van der Waals surface area contributed by atoms with E-state index in [1.807, 2.05) is 18.3 Å². The number of rotatable bonds is 7. The molecule has 2 heterocycles. The number of aryl methyl sites for hydroxylation is 1. The minimum atomic E-state index is 0.0142. The van der Waals surface area contributed by atoms with Gasteiger partial charge in [-0.3, -0.25) is 4.79 Å². The summed E-state index contributed by atoms with van der Waals surface area (Å²) >= 11 is 0. The normalized spacial score (nSPS) is 17.1. The van der Waals surface area contributed by atoms with Crippen LogP contribution in [0.3, 0.4) is 0 Å². The smallest absolute Gasteiger partial charge is 0.226 e. The molecule has 1 aliphatic rings. The maximum atomic E-state index is 12.2. The highest BCUT2D eigenvalue weighted by Gasteiger charge is 2.20. The van der Waals surface area contributed by atoms with Crippen LogP contribution < -0.4 is 5.32 Å². The lowest BCUT2D eigenvalue weighted by molar-refractivity contribution is -0.118. The molecule has 2 aromatic carbocycles. The van der Waals surface area contributed by atoms with Gasteiger partial charge in [-0.25, -0.2) is 4.98 Å². The second-order valence-electron chi connectivity index (χ2n) is 8.14. The van der Waals surface area contributed by atoms with Crippen LogP contribution in [0.5, 0.6) is 0 Å². The molecular formula is C25H29N3O2. The molecule has 1 saturated heterocycles. The molecule has 2 atom stereocenters. The van der Waals surface area contributed by atoms with Gasteiger partial charge in [-0.2, -0.15) is 0 Å². The maximum Gasteiger partial charge on any atom is 0.226 e. The van der Waals surface area contributed by atoms with Gasteiger partial charge in [-0.15, -0.1) is 0 Å². The molecule has 5 heteroatoms. The van der Waals surface area contributed by atoms with Gasteiger partial charge in [0.05, 0.1) is 18.9 Å². The Kier molecular flexibility index (Phi) is 6.29. The van der Waals surface area contributed by atoms with Crippen molar-refractivity contribution in [2.45, 2.75) is 51.6 Å². The first kappa shape index (κ1) is 20.4. The van der Waals surface area contributed by atoms with Gasteiger partial charge in [0.2, 0.25) is 5.91 Å². The average molecular weight is 404 g/mol. The number of carbonyl (C=O) groups is 1. The van der Waals surface area contributed by atoms with Crippen molar-refractivity contribution < 1.29 is 9.53 Å². The third kappa shape index (κ3) is 4.79. The van der Waals surface area contributed by atoms with Gasteiger partial charge in [-0.1, -0.05) is 30.3 Å². The van der Waals surface area contributed by atoms with Crippen molar-refractivity contribution in [2.24, 2.45) is 0 Å². The minimum Gasteiger partial charge on any atom is -0.378 e. The standard InChI is InChI=1S/C25H29N3O2/c1-17-5-3-7-22(18(17)2)23(24-15-26-16-27-24)13-19-8-10-20(11-9-19)28-25(29)14-21-6-4-12-30-21/h3,5,7-11,15-16,21,23H,4,6,12-14H2,1-2H3,(H,26,27)(H,28,29). The predicted molar refractivity (Wildman–Crippen MR) is 119 cm³/mol. The van der Waals surface area contributed by atoms with Crippen LogP contribution in [0.4, 0.5) is 5.69 Å². The van der Waals surface area contributed by atoms with Crippen LogP contribution in [0.2, 0.25) is 0 Å². The summed E-state index contributed by atoms with van der Waals surface area (Å²) in [7, 11) is 0.